The molecule has 0 atom stereocenters. The average Bonchev–Trinajstić information content (AvgIpc) is 2.89. The van der Waals surface area contributed by atoms with Crippen LogP contribution in [0.4, 0.5) is 0 Å². The van der Waals surface area contributed by atoms with E-state index in [1.165, 1.54) is 0 Å². The Morgan fingerprint density at radius 2 is 2.24 bits per heavy atom. The van der Waals surface area contributed by atoms with Crippen molar-refractivity contribution < 1.29 is 9.53 Å². The fraction of sp³-hybridized carbons (Fsp3) is 0.667. The quantitative estimate of drug-likeness (QED) is 0.782. The van der Waals surface area contributed by atoms with Gasteiger partial charge in [0.2, 0.25) is 5.91 Å². The summed E-state index contributed by atoms with van der Waals surface area (Å²) in [5, 5.41) is 4.08. The largest absolute Gasteiger partial charge is 0.381 e. The number of nitrogens with zero attached hydrogens (tertiary/aromatic N) is 3. The lowest BCUT2D eigenvalue weighted by atomic mass is 10.1. The minimum atomic E-state index is 0.218. The Hall–Kier alpha value is -1.36. The van der Waals surface area contributed by atoms with Gasteiger partial charge >= 0.3 is 0 Å². The highest BCUT2D eigenvalue weighted by Crippen LogP contribution is 2.13. The number of rotatable bonds is 4. The molecule has 0 unspecified atom stereocenters. The number of carbonyl (C=O) groups excluding carboxylic acids is 1. The number of hydrogen-bond acceptors (Lipinski definition) is 3. The Morgan fingerprint density at radius 3 is 2.82 bits per heavy atom. The number of hydrogen-bond donors (Lipinski definition) is 0. The predicted octanol–water partition coefficient (Wildman–Crippen LogP) is 0.911. The Labute approximate surface area is 101 Å². The van der Waals surface area contributed by atoms with Gasteiger partial charge in [0.15, 0.2) is 0 Å². The van der Waals surface area contributed by atoms with E-state index < -0.39 is 0 Å². The number of methoxy groups -OCH3 is 1. The first-order chi connectivity index (χ1) is 8.29. The number of piperidine rings is 1. The van der Waals surface area contributed by atoms with E-state index in [4.69, 9.17) is 4.74 Å². The predicted molar refractivity (Wildman–Crippen MR) is 63.5 cm³/mol. The van der Waals surface area contributed by atoms with Gasteiger partial charge in [-0.15, -0.1) is 0 Å². The number of likely N-dealkylation sites (tertiary alicyclic amines) is 1. The minimum absolute atomic E-state index is 0.218. The third-order valence-electron chi connectivity index (χ3n) is 3.24. The van der Waals surface area contributed by atoms with E-state index in [0.29, 0.717) is 19.1 Å². The molecule has 1 aliphatic rings. The molecule has 17 heavy (non-hydrogen) atoms. The number of carbonyl (C=O) groups is 1. The van der Waals surface area contributed by atoms with Gasteiger partial charge in [0.05, 0.1) is 6.10 Å². The maximum absolute atomic E-state index is 11.9. The zero-order valence-corrected chi connectivity index (χ0v) is 10.2. The summed E-state index contributed by atoms with van der Waals surface area (Å²) in [6.07, 6.45) is 6.36. The molecule has 0 radical (unpaired) electrons. The van der Waals surface area contributed by atoms with Gasteiger partial charge in [0.1, 0.15) is 0 Å². The number of amides is 1. The highest BCUT2D eigenvalue weighted by molar-refractivity contribution is 5.76. The van der Waals surface area contributed by atoms with Gasteiger partial charge in [-0.1, -0.05) is 0 Å². The van der Waals surface area contributed by atoms with Crippen LogP contribution in [0.1, 0.15) is 19.3 Å². The molecule has 5 heteroatoms. The Balaban J connectivity index is 1.73. The number of aromatic nitrogens is 2. The first-order valence-electron chi connectivity index (χ1n) is 6.07. The van der Waals surface area contributed by atoms with Crippen LogP contribution in [0.3, 0.4) is 0 Å². The lowest BCUT2D eigenvalue weighted by molar-refractivity contribution is -0.133. The molecule has 1 aliphatic heterocycles. The first-order valence-corrected chi connectivity index (χ1v) is 6.07. The number of ether oxygens (including phenoxy) is 1. The van der Waals surface area contributed by atoms with Crippen molar-refractivity contribution in [2.24, 2.45) is 0 Å². The highest BCUT2D eigenvalue weighted by atomic mass is 16.5. The SMILES string of the molecule is COC1CCN(C(=O)CCn2cccn2)CC1. The van der Waals surface area contributed by atoms with Crippen molar-refractivity contribution in [1.29, 1.82) is 0 Å². The van der Waals surface area contributed by atoms with E-state index in [1.54, 1.807) is 18.0 Å². The highest BCUT2D eigenvalue weighted by Gasteiger charge is 2.21. The van der Waals surface area contributed by atoms with E-state index in [1.807, 2.05) is 17.2 Å². The first kappa shape index (κ1) is 12.1. The molecule has 1 amide bonds. The van der Waals surface area contributed by atoms with Crippen LogP contribution < -0.4 is 0 Å². The second-order valence-electron chi connectivity index (χ2n) is 4.33. The molecule has 1 saturated heterocycles. The van der Waals surface area contributed by atoms with Crippen LogP contribution in [0.15, 0.2) is 18.5 Å². The van der Waals surface area contributed by atoms with Gasteiger partial charge in [-0.2, -0.15) is 5.10 Å². The van der Waals surface area contributed by atoms with E-state index in [0.717, 1.165) is 25.9 Å². The van der Waals surface area contributed by atoms with Gasteiger partial charge < -0.3 is 9.64 Å². The second kappa shape index (κ2) is 5.82. The smallest absolute Gasteiger partial charge is 0.224 e. The van der Waals surface area contributed by atoms with Gasteiger partial charge in [-0.05, 0) is 18.9 Å². The summed E-state index contributed by atoms with van der Waals surface area (Å²) in [4.78, 5) is 13.9. The minimum Gasteiger partial charge on any atom is -0.381 e. The lowest BCUT2D eigenvalue weighted by Crippen LogP contribution is -2.40. The lowest BCUT2D eigenvalue weighted by Gasteiger charge is -2.31. The van der Waals surface area contributed by atoms with Crippen LogP contribution in [0.25, 0.3) is 0 Å². The Morgan fingerprint density at radius 1 is 1.47 bits per heavy atom. The zero-order valence-electron chi connectivity index (χ0n) is 10.2. The van der Waals surface area contributed by atoms with E-state index >= 15 is 0 Å². The van der Waals surface area contributed by atoms with Crippen molar-refractivity contribution in [3.8, 4) is 0 Å². The molecule has 1 aromatic heterocycles. The normalized spacial score (nSPS) is 17.4. The maximum atomic E-state index is 11.9. The molecule has 5 nitrogen and oxygen atoms in total. The third-order valence-corrected chi connectivity index (χ3v) is 3.24. The van der Waals surface area contributed by atoms with Crippen LogP contribution in [-0.4, -0.2) is 46.9 Å². The molecule has 94 valence electrons. The summed E-state index contributed by atoms with van der Waals surface area (Å²) in [5.41, 5.74) is 0. The molecular weight excluding hydrogens is 218 g/mol. The third kappa shape index (κ3) is 3.30. The fourth-order valence-corrected chi connectivity index (χ4v) is 2.14. The average molecular weight is 237 g/mol. The van der Waals surface area contributed by atoms with E-state index in [9.17, 15) is 4.79 Å². The van der Waals surface area contributed by atoms with Gasteiger partial charge in [-0.3, -0.25) is 9.48 Å². The van der Waals surface area contributed by atoms with Gasteiger partial charge in [0.25, 0.3) is 0 Å². The second-order valence-corrected chi connectivity index (χ2v) is 4.33. The van der Waals surface area contributed by atoms with E-state index in [2.05, 4.69) is 5.10 Å². The van der Waals surface area contributed by atoms with E-state index in [-0.39, 0.29) is 5.91 Å². The van der Waals surface area contributed by atoms with Crippen LogP contribution in [-0.2, 0) is 16.1 Å². The van der Waals surface area contributed by atoms with Crippen molar-refractivity contribution >= 4 is 5.91 Å². The molecule has 2 heterocycles. The molecule has 0 aromatic carbocycles. The molecule has 0 saturated carbocycles. The van der Waals surface area contributed by atoms with Crippen LogP contribution in [0.2, 0.25) is 0 Å². The van der Waals surface area contributed by atoms with Crippen molar-refractivity contribution in [2.45, 2.75) is 31.9 Å². The number of aryl methyl sites for hydroxylation is 1. The van der Waals surface area contributed by atoms with Gasteiger partial charge in [-0.25, -0.2) is 0 Å². The molecule has 2 rings (SSSR count). The molecule has 0 spiro atoms. The topological polar surface area (TPSA) is 47.4 Å². The molecule has 1 fully saturated rings. The fourth-order valence-electron chi connectivity index (χ4n) is 2.14. The van der Waals surface area contributed by atoms with Crippen molar-refractivity contribution in [1.82, 2.24) is 14.7 Å². The standard InChI is InChI=1S/C12H19N3O2/c1-17-11-3-8-14(9-4-11)12(16)5-10-15-7-2-6-13-15/h2,6-7,11H,3-5,8-10H2,1H3. The van der Waals surface area contributed by atoms with Crippen molar-refractivity contribution in [2.75, 3.05) is 20.2 Å². The summed E-state index contributed by atoms with van der Waals surface area (Å²) < 4.78 is 7.08. The summed E-state index contributed by atoms with van der Waals surface area (Å²) in [7, 11) is 1.74. The van der Waals surface area contributed by atoms with Crippen LogP contribution in [0, 0.1) is 0 Å². The molecule has 1 aromatic rings. The van der Waals surface area contributed by atoms with Crippen molar-refractivity contribution in [3.05, 3.63) is 18.5 Å². The summed E-state index contributed by atoms with van der Waals surface area (Å²) in [6.45, 7) is 2.29. The monoisotopic (exact) mass is 237 g/mol. The molecular formula is C12H19N3O2. The van der Waals surface area contributed by atoms with Crippen molar-refractivity contribution in [3.63, 3.8) is 0 Å². The summed E-state index contributed by atoms with van der Waals surface area (Å²) >= 11 is 0. The molecule has 0 N–H and O–H groups in total. The molecule has 0 aliphatic carbocycles. The van der Waals surface area contributed by atoms with Gasteiger partial charge in [0, 0.05) is 45.6 Å². The summed E-state index contributed by atoms with van der Waals surface area (Å²) in [5.74, 6) is 0.218. The zero-order chi connectivity index (χ0) is 12.1. The van der Waals surface area contributed by atoms with Crippen LogP contribution >= 0.6 is 0 Å². The Kier molecular flexibility index (Phi) is 4.14. The van der Waals surface area contributed by atoms with Crippen LogP contribution in [0.5, 0.6) is 0 Å². The Bertz CT molecular complexity index is 343. The maximum Gasteiger partial charge on any atom is 0.224 e. The summed E-state index contributed by atoms with van der Waals surface area (Å²) in [6, 6.07) is 1.87. The molecule has 0 bridgehead atoms.